The summed E-state index contributed by atoms with van der Waals surface area (Å²) in [4.78, 5) is 15.2. The molecule has 1 aromatic heterocycles. The first-order valence-electron chi connectivity index (χ1n) is 10.4. The number of likely N-dealkylation sites (N-methyl/N-ethyl adjacent to an activating group) is 1. The quantitative estimate of drug-likeness (QED) is 0.693. The second-order valence-corrected chi connectivity index (χ2v) is 7.97. The molecule has 1 amide bonds. The van der Waals surface area contributed by atoms with E-state index in [1.165, 1.54) is 5.56 Å². The highest BCUT2D eigenvalue weighted by atomic mass is 16.2. The number of carbonyl (C=O) groups is 1. The molecule has 0 saturated carbocycles. The van der Waals surface area contributed by atoms with Crippen molar-refractivity contribution in [2.75, 3.05) is 11.4 Å². The lowest BCUT2D eigenvalue weighted by molar-refractivity contribution is -0.120. The van der Waals surface area contributed by atoms with Gasteiger partial charge in [0.1, 0.15) is 11.9 Å². The van der Waals surface area contributed by atoms with Gasteiger partial charge in [0.2, 0.25) is 0 Å². The van der Waals surface area contributed by atoms with Crippen LogP contribution >= 0.6 is 0 Å². The lowest BCUT2D eigenvalue weighted by atomic mass is 9.98. The predicted molar refractivity (Wildman–Crippen MR) is 122 cm³/mol. The third kappa shape index (κ3) is 3.52. The summed E-state index contributed by atoms with van der Waals surface area (Å²) in [5.74, 6) is 0.926. The second kappa shape index (κ2) is 7.82. The van der Waals surface area contributed by atoms with Crippen molar-refractivity contribution >= 4 is 17.4 Å². The van der Waals surface area contributed by atoms with E-state index >= 15 is 0 Å². The Morgan fingerprint density at radius 3 is 2.53 bits per heavy atom. The summed E-state index contributed by atoms with van der Waals surface area (Å²) >= 11 is 0. The minimum absolute atomic E-state index is 0.0482. The zero-order chi connectivity index (χ0) is 21.4. The summed E-state index contributed by atoms with van der Waals surface area (Å²) in [5.41, 5.74) is 7.14. The first-order chi connectivity index (χ1) is 14.4. The molecule has 0 radical (unpaired) electrons. The minimum atomic E-state index is -0.361. The van der Waals surface area contributed by atoms with E-state index in [0.717, 1.165) is 39.6 Å². The number of aryl methyl sites for hydroxylation is 3. The van der Waals surface area contributed by atoms with E-state index in [4.69, 9.17) is 5.10 Å². The van der Waals surface area contributed by atoms with Gasteiger partial charge in [0.25, 0.3) is 5.91 Å². The SMILES string of the molecule is C=C(N[C@@H]1Cc2c(C)nn(-c3ccc(C)cc3)c2N(CC)C1=O)c1cccc(C)c1. The molecule has 154 valence electrons. The summed E-state index contributed by atoms with van der Waals surface area (Å²) in [7, 11) is 0. The van der Waals surface area contributed by atoms with Crippen LogP contribution in [0, 0.1) is 20.8 Å². The number of benzene rings is 2. The first kappa shape index (κ1) is 20.0. The van der Waals surface area contributed by atoms with Crippen molar-refractivity contribution in [1.82, 2.24) is 15.1 Å². The molecule has 0 unspecified atom stereocenters. The van der Waals surface area contributed by atoms with E-state index in [0.29, 0.717) is 13.0 Å². The van der Waals surface area contributed by atoms with Crippen molar-refractivity contribution in [2.24, 2.45) is 0 Å². The van der Waals surface area contributed by atoms with E-state index in [-0.39, 0.29) is 11.9 Å². The average Bonchev–Trinajstić information content (AvgIpc) is 3.05. The van der Waals surface area contributed by atoms with Crippen molar-refractivity contribution in [3.8, 4) is 5.69 Å². The van der Waals surface area contributed by atoms with Gasteiger partial charge in [-0.05, 0) is 51.5 Å². The summed E-state index contributed by atoms with van der Waals surface area (Å²) in [6.07, 6.45) is 0.590. The molecule has 2 heterocycles. The zero-order valence-electron chi connectivity index (χ0n) is 18.1. The molecule has 5 nitrogen and oxygen atoms in total. The molecule has 0 aliphatic carbocycles. The number of fused-ring (bicyclic) bond motifs is 1. The Bertz CT molecular complexity index is 1110. The fourth-order valence-electron chi connectivity index (χ4n) is 4.06. The van der Waals surface area contributed by atoms with Gasteiger partial charge in [-0.15, -0.1) is 0 Å². The van der Waals surface area contributed by atoms with Gasteiger partial charge in [0.15, 0.2) is 0 Å². The van der Waals surface area contributed by atoms with Crippen molar-refractivity contribution < 1.29 is 4.79 Å². The Balaban J connectivity index is 1.68. The largest absolute Gasteiger partial charge is 0.373 e. The van der Waals surface area contributed by atoms with Crippen molar-refractivity contribution in [3.63, 3.8) is 0 Å². The molecule has 1 aliphatic heterocycles. The summed E-state index contributed by atoms with van der Waals surface area (Å²) in [6.45, 7) is 12.9. The maximum atomic E-state index is 13.4. The zero-order valence-corrected chi connectivity index (χ0v) is 18.1. The van der Waals surface area contributed by atoms with Crippen LogP contribution in [0.5, 0.6) is 0 Å². The number of nitrogens with one attached hydrogen (secondary N) is 1. The molecule has 0 spiro atoms. The number of amides is 1. The van der Waals surface area contributed by atoms with Crippen LogP contribution in [0.2, 0.25) is 0 Å². The highest BCUT2D eigenvalue weighted by molar-refractivity contribution is 6.00. The third-order valence-corrected chi connectivity index (χ3v) is 5.70. The highest BCUT2D eigenvalue weighted by Crippen LogP contribution is 2.33. The number of hydrogen-bond acceptors (Lipinski definition) is 3. The van der Waals surface area contributed by atoms with Gasteiger partial charge in [0, 0.05) is 24.2 Å². The molecule has 30 heavy (non-hydrogen) atoms. The maximum absolute atomic E-state index is 13.4. The number of nitrogens with zero attached hydrogens (tertiary/aromatic N) is 3. The fraction of sp³-hybridized carbons (Fsp3) is 0.280. The molecular formula is C25H28N4O. The van der Waals surface area contributed by atoms with Crippen LogP contribution in [0.3, 0.4) is 0 Å². The number of aromatic nitrogens is 2. The number of hydrogen-bond donors (Lipinski definition) is 1. The van der Waals surface area contributed by atoms with E-state index in [2.05, 4.69) is 50.0 Å². The van der Waals surface area contributed by atoms with Crippen LogP contribution in [0.25, 0.3) is 11.4 Å². The Morgan fingerprint density at radius 1 is 1.13 bits per heavy atom. The minimum Gasteiger partial charge on any atom is -0.373 e. The van der Waals surface area contributed by atoms with Gasteiger partial charge in [-0.2, -0.15) is 5.10 Å². The van der Waals surface area contributed by atoms with Crippen LogP contribution in [-0.2, 0) is 11.2 Å². The molecule has 2 aromatic carbocycles. The van der Waals surface area contributed by atoms with E-state index in [1.807, 2.05) is 47.7 Å². The van der Waals surface area contributed by atoms with Crippen molar-refractivity contribution in [3.05, 3.63) is 83.1 Å². The summed E-state index contributed by atoms with van der Waals surface area (Å²) in [6, 6.07) is 16.0. The van der Waals surface area contributed by atoms with Crippen LogP contribution in [0.1, 0.15) is 34.9 Å². The highest BCUT2D eigenvalue weighted by Gasteiger charge is 2.37. The summed E-state index contributed by atoms with van der Waals surface area (Å²) < 4.78 is 1.90. The van der Waals surface area contributed by atoms with Gasteiger partial charge in [-0.1, -0.05) is 48.0 Å². The maximum Gasteiger partial charge on any atom is 0.250 e. The topological polar surface area (TPSA) is 50.2 Å². The van der Waals surface area contributed by atoms with E-state index < -0.39 is 0 Å². The third-order valence-electron chi connectivity index (χ3n) is 5.70. The Morgan fingerprint density at radius 2 is 1.87 bits per heavy atom. The normalized spacial score (nSPS) is 15.8. The standard InChI is InChI=1S/C25H28N4O/c1-6-28-24-22(19(5)27-29(24)21-12-10-16(2)11-13-21)15-23(25(28)30)26-18(4)20-9-7-8-17(3)14-20/h7-14,23,26H,4,6,15H2,1-3,5H3/t23-/m1/s1. The number of rotatable bonds is 5. The van der Waals surface area contributed by atoms with Crippen LogP contribution in [-0.4, -0.2) is 28.3 Å². The molecule has 0 saturated heterocycles. The van der Waals surface area contributed by atoms with Gasteiger partial charge in [-0.25, -0.2) is 4.68 Å². The van der Waals surface area contributed by atoms with Gasteiger partial charge >= 0.3 is 0 Å². The molecule has 1 atom stereocenters. The molecule has 3 aromatic rings. The van der Waals surface area contributed by atoms with Crippen LogP contribution < -0.4 is 10.2 Å². The van der Waals surface area contributed by atoms with Crippen molar-refractivity contribution in [1.29, 1.82) is 0 Å². The predicted octanol–water partition coefficient (Wildman–Crippen LogP) is 4.34. The van der Waals surface area contributed by atoms with Crippen LogP contribution in [0.15, 0.2) is 55.1 Å². The average molecular weight is 401 g/mol. The Labute approximate surface area is 178 Å². The molecule has 1 N–H and O–H groups in total. The Hall–Kier alpha value is -3.34. The Kier molecular flexibility index (Phi) is 5.20. The van der Waals surface area contributed by atoms with E-state index in [9.17, 15) is 4.79 Å². The molecule has 4 rings (SSSR count). The van der Waals surface area contributed by atoms with Crippen molar-refractivity contribution in [2.45, 2.75) is 40.2 Å². The monoisotopic (exact) mass is 400 g/mol. The molecular weight excluding hydrogens is 372 g/mol. The van der Waals surface area contributed by atoms with Crippen LogP contribution in [0.4, 0.5) is 5.82 Å². The summed E-state index contributed by atoms with van der Waals surface area (Å²) in [5, 5.41) is 8.16. The van der Waals surface area contributed by atoms with Gasteiger partial charge < -0.3 is 5.32 Å². The lowest BCUT2D eigenvalue weighted by Crippen LogP contribution is -2.51. The molecule has 0 fully saturated rings. The lowest BCUT2D eigenvalue weighted by Gasteiger charge is -2.33. The first-order valence-corrected chi connectivity index (χ1v) is 10.4. The number of carbonyl (C=O) groups excluding carboxylic acids is 1. The smallest absolute Gasteiger partial charge is 0.250 e. The number of anilines is 1. The second-order valence-electron chi connectivity index (χ2n) is 7.97. The van der Waals surface area contributed by atoms with E-state index in [1.54, 1.807) is 0 Å². The fourth-order valence-corrected chi connectivity index (χ4v) is 4.06. The molecule has 1 aliphatic rings. The van der Waals surface area contributed by atoms with Gasteiger partial charge in [0.05, 0.1) is 11.4 Å². The molecule has 5 heteroatoms. The molecule has 0 bridgehead atoms. The van der Waals surface area contributed by atoms with Gasteiger partial charge in [-0.3, -0.25) is 9.69 Å².